The first-order valence-electron chi connectivity index (χ1n) is 7.66. The average molecular weight is 303 g/mol. The molecule has 0 spiro atoms. The summed E-state index contributed by atoms with van der Waals surface area (Å²) in [6.45, 7) is 4.13. The Bertz CT molecular complexity index is 586. The van der Waals surface area contributed by atoms with E-state index in [9.17, 15) is 4.79 Å². The maximum absolute atomic E-state index is 12.0. The standard InChI is InChI=1S/C14H21N7O/c22-14(17-5-7-20-6-4-16-11-20)13-10-21(19-18-13)9-12-2-1-3-15-8-12/h4,6,10-12,15H,1-3,5,7-9H2,(H,17,22). The molecule has 1 aliphatic rings. The number of carbonyl (C=O) groups excluding carboxylic acids is 1. The second-order valence-electron chi connectivity index (χ2n) is 5.59. The van der Waals surface area contributed by atoms with E-state index in [0.717, 1.165) is 19.6 Å². The quantitative estimate of drug-likeness (QED) is 0.778. The highest BCUT2D eigenvalue weighted by Gasteiger charge is 2.16. The molecule has 8 nitrogen and oxygen atoms in total. The van der Waals surface area contributed by atoms with Crippen LogP contribution in [0.25, 0.3) is 0 Å². The van der Waals surface area contributed by atoms with E-state index in [0.29, 0.717) is 24.7 Å². The molecule has 2 N–H and O–H groups in total. The molecule has 1 unspecified atom stereocenters. The third-order valence-corrected chi connectivity index (χ3v) is 3.83. The highest BCUT2D eigenvalue weighted by Crippen LogP contribution is 2.11. The minimum absolute atomic E-state index is 0.187. The van der Waals surface area contributed by atoms with Crippen LogP contribution in [-0.4, -0.2) is 50.1 Å². The lowest BCUT2D eigenvalue weighted by Crippen LogP contribution is -2.32. The summed E-state index contributed by atoms with van der Waals surface area (Å²) in [6, 6.07) is 0. The van der Waals surface area contributed by atoms with Crippen molar-refractivity contribution in [3.05, 3.63) is 30.6 Å². The van der Waals surface area contributed by atoms with Crippen LogP contribution >= 0.6 is 0 Å². The Kier molecular flexibility index (Phi) is 4.79. The fourth-order valence-corrected chi connectivity index (χ4v) is 2.64. The van der Waals surface area contributed by atoms with E-state index in [1.807, 2.05) is 10.8 Å². The SMILES string of the molecule is O=C(NCCn1ccnc1)c1cn(CC2CCCNC2)nn1. The van der Waals surface area contributed by atoms with Gasteiger partial charge in [-0.3, -0.25) is 9.48 Å². The topological polar surface area (TPSA) is 89.7 Å². The number of imidazole rings is 1. The Morgan fingerprint density at radius 1 is 1.50 bits per heavy atom. The minimum Gasteiger partial charge on any atom is -0.349 e. The van der Waals surface area contributed by atoms with Gasteiger partial charge in [-0.2, -0.15) is 0 Å². The van der Waals surface area contributed by atoms with Gasteiger partial charge in [-0.05, 0) is 31.8 Å². The predicted octanol–water partition coefficient (Wildman–Crippen LogP) is -0.0958. The summed E-state index contributed by atoms with van der Waals surface area (Å²) < 4.78 is 3.68. The Balaban J connectivity index is 1.46. The zero-order chi connectivity index (χ0) is 15.2. The second-order valence-corrected chi connectivity index (χ2v) is 5.59. The molecule has 0 aromatic carbocycles. The van der Waals surface area contributed by atoms with Gasteiger partial charge in [-0.25, -0.2) is 4.98 Å². The van der Waals surface area contributed by atoms with Gasteiger partial charge in [0.2, 0.25) is 0 Å². The highest BCUT2D eigenvalue weighted by molar-refractivity contribution is 5.91. The van der Waals surface area contributed by atoms with Crippen LogP contribution in [0.3, 0.4) is 0 Å². The third-order valence-electron chi connectivity index (χ3n) is 3.83. The number of hydrogen-bond acceptors (Lipinski definition) is 5. The van der Waals surface area contributed by atoms with Gasteiger partial charge in [0.15, 0.2) is 5.69 Å². The largest absolute Gasteiger partial charge is 0.349 e. The molecule has 0 bridgehead atoms. The van der Waals surface area contributed by atoms with Crippen LogP contribution in [0.15, 0.2) is 24.9 Å². The molecule has 22 heavy (non-hydrogen) atoms. The fraction of sp³-hybridized carbons (Fsp3) is 0.571. The number of nitrogens with one attached hydrogen (secondary N) is 2. The van der Waals surface area contributed by atoms with E-state index in [1.165, 1.54) is 12.8 Å². The summed E-state index contributed by atoms with van der Waals surface area (Å²) in [5.74, 6) is 0.376. The molecule has 3 rings (SSSR count). The maximum Gasteiger partial charge on any atom is 0.273 e. The molecular weight excluding hydrogens is 282 g/mol. The molecule has 2 aromatic heterocycles. The number of nitrogens with zero attached hydrogens (tertiary/aromatic N) is 5. The highest BCUT2D eigenvalue weighted by atomic mass is 16.2. The molecule has 1 fully saturated rings. The summed E-state index contributed by atoms with van der Waals surface area (Å²) in [5, 5.41) is 14.2. The van der Waals surface area contributed by atoms with Gasteiger partial charge < -0.3 is 15.2 Å². The van der Waals surface area contributed by atoms with Crippen molar-refractivity contribution in [2.24, 2.45) is 5.92 Å². The maximum atomic E-state index is 12.0. The number of piperidine rings is 1. The van der Waals surface area contributed by atoms with Crippen LogP contribution in [-0.2, 0) is 13.1 Å². The summed E-state index contributed by atoms with van der Waals surface area (Å²) in [4.78, 5) is 16.0. The Labute approximate surface area is 128 Å². The van der Waals surface area contributed by atoms with Crippen LogP contribution in [0.5, 0.6) is 0 Å². The van der Waals surface area contributed by atoms with Gasteiger partial charge in [-0.15, -0.1) is 5.10 Å². The summed E-state index contributed by atoms with van der Waals surface area (Å²) >= 11 is 0. The molecular formula is C14H21N7O. The summed E-state index contributed by atoms with van der Waals surface area (Å²) in [6.07, 6.45) is 9.41. The first kappa shape index (κ1) is 14.7. The van der Waals surface area contributed by atoms with E-state index in [4.69, 9.17) is 0 Å². The molecule has 118 valence electrons. The van der Waals surface area contributed by atoms with Crippen molar-refractivity contribution in [2.45, 2.75) is 25.9 Å². The van der Waals surface area contributed by atoms with Crippen LogP contribution in [0.1, 0.15) is 23.3 Å². The van der Waals surface area contributed by atoms with Crippen LogP contribution in [0, 0.1) is 5.92 Å². The van der Waals surface area contributed by atoms with Crippen molar-refractivity contribution in [3.8, 4) is 0 Å². The lowest BCUT2D eigenvalue weighted by Gasteiger charge is -2.22. The van der Waals surface area contributed by atoms with Crippen molar-refractivity contribution in [1.29, 1.82) is 0 Å². The minimum atomic E-state index is -0.187. The number of rotatable bonds is 6. The van der Waals surface area contributed by atoms with Crippen LogP contribution in [0.2, 0.25) is 0 Å². The van der Waals surface area contributed by atoms with Crippen molar-refractivity contribution < 1.29 is 4.79 Å². The monoisotopic (exact) mass is 303 g/mol. The van der Waals surface area contributed by atoms with Gasteiger partial charge >= 0.3 is 0 Å². The molecule has 8 heteroatoms. The van der Waals surface area contributed by atoms with Crippen molar-refractivity contribution in [2.75, 3.05) is 19.6 Å². The summed E-state index contributed by atoms with van der Waals surface area (Å²) in [5.41, 5.74) is 0.370. The van der Waals surface area contributed by atoms with Crippen molar-refractivity contribution in [1.82, 2.24) is 35.2 Å². The van der Waals surface area contributed by atoms with E-state index in [-0.39, 0.29) is 5.91 Å². The van der Waals surface area contributed by atoms with Gasteiger partial charge in [0.25, 0.3) is 5.91 Å². The van der Waals surface area contributed by atoms with Gasteiger partial charge in [0, 0.05) is 32.0 Å². The molecule has 1 atom stereocenters. The second kappa shape index (κ2) is 7.17. The van der Waals surface area contributed by atoms with Gasteiger partial charge in [0.1, 0.15) is 0 Å². The van der Waals surface area contributed by atoms with Crippen LogP contribution < -0.4 is 10.6 Å². The van der Waals surface area contributed by atoms with E-state index >= 15 is 0 Å². The Hall–Kier alpha value is -2.22. The number of carbonyl (C=O) groups is 1. The third kappa shape index (κ3) is 3.91. The van der Waals surface area contributed by atoms with Gasteiger partial charge in [-0.1, -0.05) is 5.21 Å². The predicted molar refractivity (Wildman–Crippen MR) is 80.2 cm³/mol. The molecule has 1 amide bonds. The Morgan fingerprint density at radius 3 is 3.23 bits per heavy atom. The molecule has 0 saturated carbocycles. The summed E-state index contributed by atoms with van der Waals surface area (Å²) in [7, 11) is 0. The normalized spacial score (nSPS) is 18.3. The van der Waals surface area contributed by atoms with E-state index in [2.05, 4.69) is 25.9 Å². The molecule has 3 heterocycles. The van der Waals surface area contributed by atoms with Crippen LogP contribution in [0.4, 0.5) is 0 Å². The smallest absolute Gasteiger partial charge is 0.273 e. The number of aromatic nitrogens is 5. The van der Waals surface area contributed by atoms with Crippen molar-refractivity contribution >= 4 is 5.91 Å². The Morgan fingerprint density at radius 2 is 2.45 bits per heavy atom. The zero-order valence-corrected chi connectivity index (χ0v) is 12.5. The molecule has 1 saturated heterocycles. The number of hydrogen-bond donors (Lipinski definition) is 2. The molecule has 0 radical (unpaired) electrons. The lowest BCUT2D eigenvalue weighted by molar-refractivity contribution is 0.0947. The zero-order valence-electron chi connectivity index (χ0n) is 12.5. The molecule has 2 aromatic rings. The lowest BCUT2D eigenvalue weighted by atomic mass is 10.00. The van der Waals surface area contributed by atoms with E-state index in [1.54, 1.807) is 23.4 Å². The van der Waals surface area contributed by atoms with Crippen molar-refractivity contribution in [3.63, 3.8) is 0 Å². The average Bonchev–Trinajstić information content (AvgIpc) is 3.20. The first-order valence-corrected chi connectivity index (χ1v) is 7.66. The number of amides is 1. The molecule has 1 aliphatic heterocycles. The first-order chi connectivity index (χ1) is 10.8. The fourth-order valence-electron chi connectivity index (χ4n) is 2.64. The molecule has 0 aliphatic carbocycles. The van der Waals surface area contributed by atoms with E-state index < -0.39 is 0 Å². The van der Waals surface area contributed by atoms with Gasteiger partial charge in [0.05, 0.1) is 12.5 Å².